The van der Waals surface area contributed by atoms with Crippen molar-refractivity contribution in [2.75, 3.05) is 13.7 Å². The molecule has 26 heavy (non-hydrogen) atoms. The second-order valence-corrected chi connectivity index (χ2v) is 7.54. The van der Waals surface area contributed by atoms with Crippen LogP contribution in [-0.2, 0) is 26.2 Å². The van der Waals surface area contributed by atoms with Crippen LogP contribution in [-0.4, -0.2) is 41.5 Å². The Balaban J connectivity index is 1.83. The molecule has 1 amide bonds. The summed E-state index contributed by atoms with van der Waals surface area (Å²) in [7, 11) is 1.46. The summed E-state index contributed by atoms with van der Waals surface area (Å²) >= 11 is 0. The number of hydrogen-bond donors (Lipinski definition) is 1. The number of para-hydroxylation sites is 1. The second-order valence-electron chi connectivity index (χ2n) is 7.54. The summed E-state index contributed by atoms with van der Waals surface area (Å²) in [6.07, 6.45) is 5.77. The molecule has 1 fully saturated rings. The van der Waals surface area contributed by atoms with Gasteiger partial charge in [0.05, 0.1) is 13.2 Å². The Morgan fingerprint density at radius 3 is 2.96 bits per heavy atom. The molecule has 1 saturated heterocycles. The molecular formula is C21H22N2O3. The fourth-order valence-corrected chi connectivity index (χ4v) is 5.38. The van der Waals surface area contributed by atoms with Gasteiger partial charge in [0.15, 0.2) is 0 Å². The van der Waals surface area contributed by atoms with Gasteiger partial charge in [-0.25, -0.2) is 0 Å². The molecule has 1 N–H and O–H groups in total. The van der Waals surface area contributed by atoms with E-state index in [0.717, 1.165) is 41.4 Å². The van der Waals surface area contributed by atoms with Crippen molar-refractivity contribution >= 4 is 22.8 Å². The molecule has 1 aromatic heterocycles. The Morgan fingerprint density at radius 2 is 2.12 bits per heavy atom. The third-order valence-corrected chi connectivity index (χ3v) is 6.43. The predicted octanol–water partition coefficient (Wildman–Crippen LogP) is 2.85. The smallest absolute Gasteiger partial charge is 0.320 e. The number of amides is 1. The van der Waals surface area contributed by atoms with Crippen LogP contribution < -0.4 is 0 Å². The number of allylic oxidation sites excluding steroid dienone is 1. The first-order chi connectivity index (χ1) is 12.7. The molecule has 0 bridgehead atoms. The van der Waals surface area contributed by atoms with Crippen molar-refractivity contribution in [3.05, 3.63) is 47.2 Å². The number of methoxy groups -OCH3 is 1. The summed E-state index contributed by atoms with van der Waals surface area (Å²) < 4.78 is 5.33. The van der Waals surface area contributed by atoms with Gasteiger partial charge in [0, 0.05) is 29.6 Å². The lowest BCUT2D eigenvalue weighted by atomic mass is 9.65. The van der Waals surface area contributed by atoms with Crippen molar-refractivity contribution in [1.29, 1.82) is 0 Å². The number of carbonyl (C=O) groups excluding carboxylic acids is 2. The molecule has 0 saturated carbocycles. The van der Waals surface area contributed by atoms with Crippen LogP contribution in [0.3, 0.4) is 0 Å². The van der Waals surface area contributed by atoms with Crippen LogP contribution in [0.25, 0.3) is 10.9 Å². The molecule has 5 heteroatoms. The largest absolute Gasteiger partial charge is 0.468 e. The Kier molecular flexibility index (Phi) is 3.30. The fraction of sp³-hybridized carbons (Fsp3) is 0.429. The van der Waals surface area contributed by atoms with Gasteiger partial charge in [-0.15, -0.1) is 0 Å². The third-order valence-electron chi connectivity index (χ3n) is 6.43. The third kappa shape index (κ3) is 1.86. The highest BCUT2D eigenvalue weighted by molar-refractivity contribution is 5.93. The lowest BCUT2D eigenvalue weighted by molar-refractivity contribution is -0.153. The number of ether oxygens (including phenoxy) is 1. The molecule has 1 aliphatic carbocycles. The quantitative estimate of drug-likeness (QED) is 0.635. The van der Waals surface area contributed by atoms with Gasteiger partial charge in [0.1, 0.15) is 5.41 Å². The minimum absolute atomic E-state index is 0.150. The first kappa shape index (κ1) is 15.7. The lowest BCUT2D eigenvalue weighted by Gasteiger charge is -2.48. The van der Waals surface area contributed by atoms with E-state index in [1.54, 1.807) is 0 Å². The van der Waals surface area contributed by atoms with E-state index < -0.39 is 5.41 Å². The Morgan fingerprint density at radius 1 is 1.27 bits per heavy atom. The van der Waals surface area contributed by atoms with Crippen LogP contribution in [0.5, 0.6) is 0 Å². The number of aromatic nitrogens is 1. The maximum Gasteiger partial charge on any atom is 0.320 e. The van der Waals surface area contributed by atoms with Gasteiger partial charge in [-0.3, -0.25) is 9.59 Å². The number of piperidine rings is 1. The number of aromatic amines is 1. The zero-order valence-corrected chi connectivity index (χ0v) is 14.9. The van der Waals surface area contributed by atoms with Crippen molar-refractivity contribution in [2.45, 2.75) is 43.6 Å². The zero-order chi connectivity index (χ0) is 17.9. The summed E-state index contributed by atoms with van der Waals surface area (Å²) in [5.41, 5.74) is 3.55. The molecule has 3 aliphatic rings. The minimum Gasteiger partial charge on any atom is -0.468 e. The number of nitrogens with zero attached hydrogens (tertiary/aromatic N) is 1. The number of esters is 1. The molecule has 134 valence electrons. The number of benzene rings is 1. The van der Waals surface area contributed by atoms with Crippen molar-refractivity contribution in [3.8, 4) is 0 Å². The van der Waals surface area contributed by atoms with E-state index in [2.05, 4.69) is 23.2 Å². The Labute approximate surface area is 152 Å². The number of carbonyl (C=O) groups is 2. The monoisotopic (exact) mass is 350 g/mol. The van der Waals surface area contributed by atoms with E-state index in [-0.39, 0.29) is 17.9 Å². The normalized spacial score (nSPS) is 27.4. The summed E-state index contributed by atoms with van der Waals surface area (Å²) in [5, 5.41) is 1.15. The number of nitrogens with one attached hydrogen (secondary N) is 1. The second kappa shape index (κ2) is 5.47. The van der Waals surface area contributed by atoms with E-state index in [1.807, 2.05) is 17.0 Å². The van der Waals surface area contributed by atoms with Gasteiger partial charge in [0.2, 0.25) is 5.91 Å². The molecule has 2 aromatic rings. The molecule has 2 atom stereocenters. The molecule has 1 aromatic carbocycles. The van der Waals surface area contributed by atoms with Gasteiger partial charge in [0.25, 0.3) is 0 Å². The zero-order valence-electron chi connectivity index (χ0n) is 14.9. The molecule has 2 aliphatic heterocycles. The lowest BCUT2D eigenvalue weighted by Crippen LogP contribution is -2.60. The van der Waals surface area contributed by atoms with Crippen molar-refractivity contribution in [3.63, 3.8) is 0 Å². The topological polar surface area (TPSA) is 62.4 Å². The predicted molar refractivity (Wildman–Crippen MR) is 97.7 cm³/mol. The van der Waals surface area contributed by atoms with Gasteiger partial charge >= 0.3 is 5.97 Å². The number of H-pyrrole nitrogens is 1. The standard InChI is InChI=1S/C21H22N2O3/c1-26-20(25)21-11-4-5-13-8-9-17(24)23(19(13)21)12-10-15-14-6-2-3-7-16(14)22-18(15)21/h2-3,5-7,19,22H,4,8-12H2,1H3/t19-,21-/m0/s1. The average molecular weight is 350 g/mol. The van der Waals surface area contributed by atoms with Gasteiger partial charge in [-0.05, 0) is 42.9 Å². The van der Waals surface area contributed by atoms with Gasteiger partial charge < -0.3 is 14.6 Å². The molecule has 0 spiro atoms. The van der Waals surface area contributed by atoms with Crippen LogP contribution in [0.2, 0.25) is 0 Å². The van der Waals surface area contributed by atoms with Gasteiger partial charge in [-0.2, -0.15) is 0 Å². The SMILES string of the molecule is COC(=O)[C@@]12CCC=C3CCC(=O)N(CCc4c1[nH]c1ccccc41)[C@@H]32. The maximum atomic E-state index is 13.2. The molecule has 5 rings (SSSR count). The first-order valence-corrected chi connectivity index (χ1v) is 9.33. The fourth-order valence-electron chi connectivity index (χ4n) is 5.38. The van der Waals surface area contributed by atoms with Crippen molar-refractivity contribution in [2.24, 2.45) is 0 Å². The molecule has 0 unspecified atom stereocenters. The van der Waals surface area contributed by atoms with E-state index in [1.165, 1.54) is 12.7 Å². The maximum absolute atomic E-state index is 13.2. The molecule has 0 radical (unpaired) electrons. The first-order valence-electron chi connectivity index (χ1n) is 9.33. The summed E-state index contributed by atoms with van der Waals surface area (Å²) in [4.78, 5) is 31.5. The molecular weight excluding hydrogens is 328 g/mol. The highest BCUT2D eigenvalue weighted by atomic mass is 16.5. The Bertz CT molecular complexity index is 957. The highest BCUT2D eigenvalue weighted by Crippen LogP contribution is 2.50. The van der Waals surface area contributed by atoms with Crippen molar-refractivity contribution < 1.29 is 14.3 Å². The number of fused-ring (bicyclic) bond motifs is 4. The summed E-state index contributed by atoms with van der Waals surface area (Å²) in [6.45, 7) is 0.647. The van der Waals surface area contributed by atoms with E-state index in [0.29, 0.717) is 19.4 Å². The Hall–Kier alpha value is -2.56. The summed E-state index contributed by atoms with van der Waals surface area (Å²) in [6, 6.07) is 7.96. The van der Waals surface area contributed by atoms with E-state index in [9.17, 15) is 9.59 Å². The van der Waals surface area contributed by atoms with Crippen LogP contribution >= 0.6 is 0 Å². The summed E-state index contributed by atoms with van der Waals surface area (Å²) in [5.74, 6) is -0.0840. The van der Waals surface area contributed by atoms with Crippen LogP contribution in [0.15, 0.2) is 35.9 Å². The van der Waals surface area contributed by atoms with Crippen molar-refractivity contribution in [1.82, 2.24) is 9.88 Å². The molecule has 3 heterocycles. The highest BCUT2D eigenvalue weighted by Gasteiger charge is 2.58. The van der Waals surface area contributed by atoms with Crippen LogP contribution in [0.1, 0.15) is 36.9 Å². The van der Waals surface area contributed by atoms with E-state index in [4.69, 9.17) is 4.74 Å². The molecule has 5 nitrogen and oxygen atoms in total. The minimum atomic E-state index is -0.834. The average Bonchev–Trinajstić information content (AvgIpc) is 2.97. The van der Waals surface area contributed by atoms with Gasteiger partial charge in [-0.1, -0.05) is 24.3 Å². The van der Waals surface area contributed by atoms with Crippen LogP contribution in [0.4, 0.5) is 0 Å². The van der Waals surface area contributed by atoms with Crippen LogP contribution in [0, 0.1) is 0 Å². The number of hydrogen-bond acceptors (Lipinski definition) is 3. The number of rotatable bonds is 1. The van der Waals surface area contributed by atoms with E-state index >= 15 is 0 Å².